The monoisotopic (exact) mass is 376 g/mol. The van der Waals surface area contributed by atoms with Crippen LogP contribution in [0, 0.1) is 20.2 Å². The topological polar surface area (TPSA) is 131 Å². The van der Waals surface area contributed by atoms with Crippen LogP contribution < -0.4 is 9.47 Å². The molecule has 0 N–H and O–H groups in total. The average Bonchev–Trinajstić information content (AvgIpc) is 2.66. The highest BCUT2D eigenvalue weighted by Crippen LogP contribution is 2.35. The van der Waals surface area contributed by atoms with E-state index >= 15 is 0 Å². The van der Waals surface area contributed by atoms with Crippen molar-refractivity contribution in [2.24, 2.45) is 0 Å². The molecule has 2 aromatic rings. The first-order chi connectivity index (χ1) is 12.9. The van der Waals surface area contributed by atoms with E-state index in [0.717, 1.165) is 12.1 Å². The summed E-state index contributed by atoms with van der Waals surface area (Å²) in [5, 5.41) is 22.3. The van der Waals surface area contributed by atoms with Gasteiger partial charge in [0.05, 0.1) is 35.2 Å². The Kier molecular flexibility index (Phi) is 6.26. The molecule has 2 aromatic carbocycles. The molecule has 0 unspecified atom stereocenters. The molecule has 0 aliphatic carbocycles. The molecule has 0 radical (unpaired) electrons. The van der Waals surface area contributed by atoms with Crippen LogP contribution in [0.15, 0.2) is 36.4 Å². The van der Waals surface area contributed by atoms with Gasteiger partial charge in [-0.25, -0.2) is 4.79 Å². The van der Waals surface area contributed by atoms with E-state index in [0.29, 0.717) is 0 Å². The number of nitro groups is 2. The van der Waals surface area contributed by atoms with Gasteiger partial charge >= 0.3 is 5.97 Å². The molecule has 0 bridgehead atoms. The van der Waals surface area contributed by atoms with E-state index < -0.39 is 28.1 Å². The second-order valence-electron chi connectivity index (χ2n) is 5.17. The Morgan fingerprint density at radius 1 is 1.04 bits per heavy atom. The number of nitrogens with zero attached hydrogens (tertiary/aromatic N) is 2. The van der Waals surface area contributed by atoms with E-state index in [1.807, 2.05) is 0 Å². The number of para-hydroxylation sites is 1. The van der Waals surface area contributed by atoms with Gasteiger partial charge in [0.2, 0.25) is 0 Å². The molecule has 0 aliphatic rings. The molecule has 10 nitrogen and oxygen atoms in total. The molecular weight excluding hydrogens is 360 g/mol. The van der Waals surface area contributed by atoms with Gasteiger partial charge in [-0.3, -0.25) is 20.2 Å². The molecule has 0 aromatic heterocycles. The summed E-state index contributed by atoms with van der Waals surface area (Å²) < 4.78 is 15.4. The Balaban J connectivity index is 2.33. The first kappa shape index (κ1) is 19.6. The van der Waals surface area contributed by atoms with Gasteiger partial charge < -0.3 is 14.2 Å². The molecule has 10 heteroatoms. The molecule has 0 saturated carbocycles. The fourth-order valence-electron chi connectivity index (χ4n) is 2.32. The van der Waals surface area contributed by atoms with Crippen molar-refractivity contribution < 1.29 is 28.9 Å². The summed E-state index contributed by atoms with van der Waals surface area (Å²) >= 11 is 0. The van der Waals surface area contributed by atoms with Crippen molar-refractivity contribution >= 4 is 17.3 Å². The summed E-state index contributed by atoms with van der Waals surface area (Å²) in [7, 11) is 1.33. The van der Waals surface area contributed by atoms with Crippen LogP contribution >= 0.6 is 0 Å². The van der Waals surface area contributed by atoms with Crippen LogP contribution in [-0.4, -0.2) is 29.5 Å². The number of rotatable bonds is 8. The van der Waals surface area contributed by atoms with E-state index in [-0.39, 0.29) is 34.9 Å². The van der Waals surface area contributed by atoms with E-state index in [4.69, 9.17) is 14.2 Å². The lowest BCUT2D eigenvalue weighted by Crippen LogP contribution is -2.10. The van der Waals surface area contributed by atoms with E-state index in [2.05, 4.69) is 0 Å². The van der Waals surface area contributed by atoms with Gasteiger partial charge in [-0.15, -0.1) is 0 Å². The maximum atomic E-state index is 12.4. The molecule has 0 spiro atoms. The smallest absolute Gasteiger partial charge is 0.345 e. The molecule has 0 saturated heterocycles. The van der Waals surface area contributed by atoms with Crippen LogP contribution in [0.2, 0.25) is 0 Å². The van der Waals surface area contributed by atoms with Crippen LogP contribution in [0.1, 0.15) is 22.8 Å². The van der Waals surface area contributed by atoms with Gasteiger partial charge in [0, 0.05) is 12.1 Å². The number of ether oxygens (including phenoxy) is 3. The zero-order valence-corrected chi connectivity index (χ0v) is 14.5. The highest BCUT2D eigenvalue weighted by atomic mass is 16.6. The van der Waals surface area contributed by atoms with Crippen LogP contribution in [0.5, 0.6) is 11.5 Å². The molecule has 2 rings (SSSR count). The maximum absolute atomic E-state index is 12.4. The maximum Gasteiger partial charge on any atom is 0.345 e. The molecule has 0 fully saturated rings. The van der Waals surface area contributed by atoms with Crippen molar-refractivity contribution in [1.29, 1.82) is 0 Å². The number of carbonyl (C=O) groups is 1. The van der Waals surface area contributed by atoms with Crippen LogP contribution in [0.4, 0.5) is 11.4 Å². The largest absolute Gasteiger partial charge is 0.493 e. The lowest BCUT2D eigenvalue weighted by atomic mass is 10.1. The minimum absolute atomic E-state index is 0.113. The van der Waals surface area contributed by atoms with Gasteiger partial charge in [0.15, 0.2) is 11.5 Å². The predicted octanol–water partition coefficient (Wildman–Crippen LogP) is 3.27. The van der Waals surface area contributed by atoms with Gasteiger partial charge in [-0.2, -0.15) is 0 Å². The lowest BCUT2D eigenvalue weighted by Gasteiger charge is -2.11. The van der Waals surface area contributed by atoms with Crippen molar-refractivity contribution in [3.05, 3.63) is 67.8 Å². The number of methoxy groups -OCH3 is 1. The third-order valence-corrected chi connectivity index (χ3v) is 3.55. The molecule has 142 valence electrons. The first-order valence-corrected chi connectivity index (χ1v) is 7.77. The number of hydrogen-bond acceptors (Lipinski definition) is 8. The Bertz CT molecular complexity index is 881. The third kappa shape index (κ3) is 4.48. The van der Waals surface area contributed by atoms with Crippen LogP contribution in [-0.2, 0) is 11.3 Å². The summed E-state index contributed by atoms with van der Waals surface area (Å²) in [5.41, 5.74) is -0.925. The van der Waals surface area contributed by atoms with Crippen molar-refractivity contribution in [3.8, 4) is 11.5 Å². The van der Waals surface area contributed by atoms with Crippen molar-refractivity contribution in [3.63, 3.8) is 0 Å². The van der Waals surface area contributed by atoms with Gasteiger partial charge in [-0.1, -0.05) is 12.1 Å². The first-order valence-electron chi connectivity index (χ1n) is 7.77. The zero-order chi connectivity index (χ0) is 20.0. The predicted molar refractivity (Wildman–Crippen MR) is 93.0 cm³/mol. The SMILES string of the molecule is CCOc1cc([N+](=O)[O-])c(C(=O)OCc2ccccc2[N+](=O)[O-])cc1OC. The Morgan fingerprint density at radius 2 is 1.70 bits per heavy atom. The second-order valence-corrected chi connectivity index (χ2v) is 5.17. The van der Waals surface area contributed by atoms with Crippen molar-refractivity contribution in [2.75, 3.05) is 13.7 Å². The lowest BCUT2D eigenvalue weighted by molar-refractivity contribution is -0.385. The Labute approximate surface area is 153 Å². The van der Waals surface area contributed by atoms with E-state index in [1.54, 1.807) is 13.0 Å². The van der Waals surface area contributed by atoms with E-state index in [9.17, 15) is 25.0 Å². The fraction of sp³-hybridized carbons (Fsp3) is 0.235. The average molecular weight is 376 g/mol. The minimum atomic E-state index is -1.01. The van der Waals surface area contributed by atoms with Gasteiger partial charge in [0.25, 0.3) is 11.4 Å². The minimum Gasteiger partial charge on any atom is -0.493 e. The summed E-state index contributed by atoms with van der Waals surface area (Å²) in [6.07, 6.45) is 0. The molecule has 0 aliphatic heterocycles. The third-order valence-electron chi connectivity index (χ3n) is 3.55. The van der Waals surface area contributed by atoms with Gasteiger partial charge in [0.1, 0.15) is 12.2 Å². The number of nitro benzene ring substituents is 2. The van der Waals surface area contributed by atoms with E-state index in [1.165, 1.54) is 25.3 Å². The summed E-state index contributed by atoms with van der Waals surface area (Å²) in [5.74, 6) is -0.775. The summed E-state index contributed by atoms with van der Waals surface area (Å²) in [6, 6.07) is 7.95. The number of esters is 1. The van der Waals surface area contributed by atoms with Crippen LogP contribution in [0.25, 0.3) is 0 Å². The van der Waals surface area contributed by atoms with Crippen LogP contribution in [0.3, 0.4) is 0 Å². The second kappa shape index (κ2) is 8.61. The quantitative estimate of drug-likeness (QED) is 0.390. The molecule has 0 atom stereocenters. The molecule has 0 amide bonds. The van der Waals surface area contributed by atoms with Crippen molar-refractivity contribution in [2.45, 2.75) is 13.5 Å². The number of carbonyl (C=O) groups excluding carboxylic acids is 1. The Hall–Kier alpha value is -3.69. The standard InChI is InChI=1S/C17H16N2O8/c1-3-26-16-9-14(19(23)24)12(8-15(16)25-2)17(20)27-10-11-6-4-5-7-13(11)18(21)22/h4-9H,3,10H2,1-2H3. The molecule has 0 heterocycles. The zero-order valence-electron chi connectivity index (χ0n) is 14.5. The summed E-state index contributed by atoms with van der Waals surface area (Å²) in [4.78, 5) is 33.3. The highest BCUT2D eigenvalue weighted by molar-refractivity contribution is 5.95. The number of hydrogen-bond donors (Lipinski definition) is 0. The molecular formula is C17H16N2O8. The number of benzene rings is 2. The molecule has 27 heavy (non-hydrogen) atoms. The van der Waals surface area contributed by atoms with Crippen molar-refractivity contribution in [1.82, 2.24) is 0 Å². The normalized spacial score (nSPS) is 10.1. The fourth-order valence-corrected chi connectivity index (χ4v) is 2.32. The summed E-state index contributed by atoms with van der Waals surface area (Å²) in [6.45, 7) is 1.53. The Morgan fingerprint density at radius 3 is 2.30 bits per heavy atom. The highest BCUT2D eigenvalue weighted by Gasteiger charge is 2.26. The van der Waals surface area contributed by atoms with Gasteiger partial charge in [-0.05, 0) is 13.0 Å².